The van der Waals surface area contributed by atoms with Gasteiger partial charge in [-0.25, -0.2) is 9.96 Å². The first-order valence-electron chi connectivity index (χ1n) is 11.4. The van der Waals surface area contributed by atoms with Gasteiger partial charge in [0.2, 0.25) is 5.91 Å². The van der Waals surface area contributed by atoms with Crippen molar-refractivity contribution < 1.29 is 24.1 Å². The summed E-state index contributed by atoms with van der Waals surface area (Å²) in [7, 11) is 0. The number of nitrogens with zero attached hydrogens (tertiary/aromatic N) is 3. The Bertz CT molecular complexity index is 1260. The molecule has 178 valence electrons. The largest absolute Gasteiger partial charge is 0.494 e. The fourth-order valence-electron chi connectivity index (χ4n) is 4.54. The zero-order chi connectivity index (χ0) is 24.5. The molecule has 0 saturated carbocycles. The van der Waals surface area contributed by atoms with Crippen molar-refractivity contribution >= 4 is 28.9 Å². The lowest BCUT2D eigenvalue weighted by Crippen LogP contribution is -2.37. The molecule has 3 unspecified atom stereocenters. The van der Waals surface area contributed by atoms with Gasteiger partial charge in [0.25, 0.3) is 11.6 Å². The maximum Gasteiger partial charge on any atom is 0.269 e. The summed E-state index contributed by atoms with van der Waals surface area (Å²) in [5.74, 6) is -1.12. The molecule has 0 bridgehead atoms. The monoisotopic (exact) mass is 473 g/mol. The Labute approximate surface area is 201 Å². The van der Waals surface area contributed by atoms with E-state index in [-0.39, 0.29) is 5.69 Å². The molecule has 9 nitrogen and oxygen atoms in total. The summed E-state index contributed by atoms with van der Waals surface area (Å²) >= 11 is 0. The molecule has 2 heterocycles. The molecule has 0 N–H and O–H groups in total. The first-order chi connectivity index (χ1) is 17.0. The predicted octanol–water partition coefficient (Wildman–Crippen LogP) is 4.43. The summed E-state index contributed by atoms with van der Waals surface area (Å²) in [5.41, 5.74) is 1.48. The van der Waals surface area contributed by atoms with Crippen LogP contribution < -0.4 is 14.7 Å². The Morgan fingerprint density at radius 2 is 1.69 bits per heavy atom. The first kappa shape index (κ1) is 22.5. The molecule has 2 fully saturated rings. The van der Waals surface area contributed by atoms with Crippen molar-refractivity contribution in [1.29, 1.82) is 0 Å². The summed E-state index contributed by atoms with van der Waals surface area (Å²) in [6.07, 6.45) is -0.189. The zero-order valence-electron chi connectivity index (χ0n) is 18.9. The number of hydrogen-bond acceptors (Lipinski definition) is 7. The summed E-state index contributed by atoms with van der Waals surface area (Å²) in [4.78, 5) is 45.2. The van der Waals surface area contributed by atoms with Crippen LogP contribution in [-0.4, -0.2) is 29.4 Å². The van der Waals surface area contributed by atoms with Crippen molar-refractivity contribution in [2.75, 3.05) is 16.6 Å². The fourth-order valence-corrected chi connectivity index (χ4v) is 4.54. The standard InChI is InChI=1S/C26H23N3O6/c1-2-15-34-21-13-11-18(12-14-21)27-25(30)22-23(17-7-6-10-20(16-17)29(32)33)28(35-24(22)26(27)31)19-8-4-3-5-9-19/h3-14,16,22-24H,2,15H2,1H3. The van der Waals surface area contributed by atoms with Gasteiger partial charge in [0.05, 0.1) is 28.9 Å². The molecule has 2 saturated heterocycles. The van der Waals surface area contributed by atoms with Crippen molar-refractivity contribution in [3.8, 4) is 5.75 Å². The van der Waals surface area contributed by atoms with E-state index in [9.17, 15) is 19.7 Å². The molecule has 2 aliphatic heterocycles. The number of carbonyl (C=O) groups excluding carboxylic acids is 2. The van der Waals surface area contributed by atoms with Gasteiger partial charge < -0.3 is 4.74 Å². The van der Waals surface area contributed by atoms with Gasteiger partial charge in [-0.3, -0.25) is 24.5 Å². The number of benzene rings is 3. The van der Waals surface area contributed by atoms with E-state index >= 15 is 0 Å². The van der Waals surface area contributed by atoms with E-state index in [4.69, 9.17) is 9.57 Å². The Kier molecular flexibility index (Phi) is 5.92. The molecule has 35 heavy (non-hydrogen) atoms. The van der Waals surface area contributed by atoms with E-state index in [0.717, 1.165) is 11.3 Å². The van der Waals surface area contributed by atoms with Gasteiger partial charge in [-0.1, -0.05) is 37.3 Å². The van der Waals surface area contributed by atoms with Gasteiger partial charge in [0.15, 0.2) is 6.10 Å². The van der Waals surface area contributed by atoms with Crippen molar-refractivity contribution in [2.45, 2.75) is 25.5 Å². The van der Waals surface area contributed by atoms with Crippen LogP contribution in [0.5, 0.6) is 5.75 Å². The minimum atomic E-state index is -1.05. The number of para-hydroxylation sites is 1. The number of non-ortho nitro benzene ring substituents is 1. The minimum absolute atomic E-state index is 0.102. The second-order valence-corrected chi connectivity index (χ2v) is 8.36. The summed E-state index contributed by atoms with van der Waals surface area (Å²) in [5, 5.41) is 12.9. The number of nitro benzene ring substituents is 1. The van der Waals surface area contributed by atoms with Gasteiger partial charge in [-0.2, -0.15) is 0 Å². The van der Waals surface area contributed by atoms with Crippen LogP contribution in [0.2, 0.25) is 0 Å². The van der Waals surface area contributed by atoms with Gasteiger partial charge in [-0.15, -0.1) is 0 Å². The molecular formula is C26H23N3O6. The highest BCUT2D eigenvalue weighted by Crippen LogP contribution is 2.48. The lowest BCUT2D eigenvalue weighted by atomic mass is 9.90. The molecule has 3 aromatic carbocycles. The molecule has 3 aromatic rings. The molecule has 2 aliphatic rings. The van der Waals surface area contributed by atoms with E-state index in [2.05, 4.69) is 0 Å². The predicted molar refractivity (Wildman–Crippen MR) is 128 cm³/mol. The van der Waals surface area contributed by atoms with Crippen molar-refractivity contribution in [2.24, 2.45) is 5.92 Å². The maximum absolute atomic E-state index is 13.7. The molecule has 2 amide bonds. The Morgan fingerprint density at radius 1 is 0.943 bits per heavy atom. The highest BCUT2D eigenvalue weighted by atomic mass is 16.7. The van der Waals surface area contributed by atoms with Gasteiger partial charge >= 0.3 is 0 Å². The summed E-state index contributed by atoms with van der Waals surface area (Å²) < 4.78 is 5.59. The van der Waals surface area contributed by atoms with E-state index in [1.54, 1.807) is 48.5 Å². The number of amides is 2. The summed E-state index contributed by atoms with van der Waals surface area (Å²) in [6, 6.07) is 21.2. The third kappa shape index (κ3) is 4.00. The van der Waals surface area contributed by atoms with Gasteiger partial charge in [-0.05, 0) is 48.4 Å². The number of rotatable bonds is 7. The number of hydrogen-bond donors (Lipinski definition) is 0. The first-order valence-corrected chi connectivity index (χ1v) is 11.4. The summed E-state index contributed by atoms with van der Waals surface area (Å²) in [6.45, 7) is 2.57. The van der Waals surface area contributed by atoms with Crippen molar-refractivity contribution in [3.63, 3.8) is 0 Å². The van der Waals surface area contributed by atoms with E-state index in [1.165, 1.54) is 17.2 Å². The Morgan fingerprint density at radius 3 is 2.37 bits per heavy atom. The number of carbonyl (C=O) groups is 2. The number of anilines is 2. The van der Waals surface area contributed by atoms with Gasteiger partial charge in [0.1, 0.15) is 11.7 Å². The Balaban J connectivity index is 1.52. The topological polar surface area (TPSA) is 102 Å². The SMILES string of the molecule is CCCOc1ccc(N2C(=O)C3ON(c4ccccc4)C(c4cccc([N+](=O)[O-])c4)C3C2=O)cc1. The number of hydroxylamine groups is 1. The maximum atomic E-state index is 13.7. The molecule has 0 spiro atoms. The number of imide groups is 1. The molecule has 0 aromatic heterocycles. The molecule has 9 heteroatoms. The molecule has 0 radical (unpaired) electrons. The average Bonchev–Trinajstić information content (AvgIpc) is 3.39. The molecule has 3 atom stereocenters. The Hall–Kier alpha value is -4.24. The zero-order valence-corrected chi connectivity index (χ0v) is 18.9. The highest BCUT2D eigenvalue weighted by molar-refractivity contribution is 6.23. The van der Waals surface area contributed by atoms with Crippen LogP contribution in [0.4, 0.5) is 17.1 Å². The fraction of sp³-hybridized carbons (Fsp3) is 0.231. The van der Waals surface area contributed by atoms with Crippen LogP contribution in [-0.2, 0) is 14.4 Å². The highest BCUT2D eigenvalue weighted by Gasteiger charge is 2.60. The number of nitro groups is 1. The van der Waals surface area contributed by atoms with Crippen molar-refractivity contribution in [3.05, 3.63) is 94.5 Å². The number of fused-ring (bicyclic) bond motifs is 1. The second kappa shape index (κ2) is 9.19. The molecular weight excluding hydrogens is 450 g/mol. The van der Waals surface area contributed by atoms with Crippen LogP contribution in [0, 0.1) is 16.0 Å². The average molecular weight is 473 g/mol. The molecule has 5 rings (SSSR count). The van der Waals surface area contributed by atoms with Crippen LogP contribution in [0.25, 0.3) is 0 Å². The van der Waals surface area contributed by atoms with E-state index < -0.39 is 34.8 Å². The van der Waals surface area contributed by atoms with Crippen LogP contribution in [0.3, 0.4) is 0 Å². The molecule has 0 aliphatic carbocycles. The van der Waals surface area contributed by atoms with Crippen LogP contribution >= 0.6 is 0 Å². The third-order valence-corrected chi connectivity index (χ3v) is 6.12. The van der Waals surface area contributed by atoms with E-state index in [1.807, 2.05) is 25.1 Å². The van der Waals surface area contributed by atoms with Crippen LogP contribution in [0.1, 0.15) is 24.9 Å². The van der Waals surface area contributed by atoms with Crippen LogP contribution in [0.15, 0.2) is 78.9 Å². The van der Waals surface area contributed by atoms with Crippen molar-refractivity contribution in [1.82, 2.24) is 0 Å². The second-order valence-electron chi connectivity index (χ2n) is 8.36. The van der Waals surface area contributed by atoms with E-state index in [0.29, 0.717) is 29.3 Å². The van der Waals surface area contributed by atoms with Gasteiger partial charge in [0, 0.05) is 12.1 Å². The number of ether oxygens (including phenoxy) is 1. The lowest BCUT2D eigenvalue weighted by molar-refractivity contribution is -0.384. The lowest BCUT2D eigenvalue weighted by Gasteiger charge is -2.28. The normalized spacial score (nSPS) is 21.3. The smallest absolute Gasteiger partial charge is 0.269 e. The quantitative estimate of drug-likeness (QED) is 0.284. The minimum Gasteiger partial charge on any atom is -0.494 e. The third-order valence-electron chi connectivity index (χ3n) is 6.12.